The fourth-order valence-electron chi connectivity index (χ4n) is 2.42. The lowest BCUT2D eigenvalue weighted by Crippen LogP contribution is -2.29. The lowest BCUT2D eigenvalue weighted by molar-refractivity contribution is 0.152. The largest absolute Gasteiger partial charge is 0.450 e. The van der Waals surface area contributed by atoms with E-state index in [1.165, 1.54) is 16.5 Å². The normalized spacial score (nSPS) is 11.6. The molecule has 4 nitrogen and oxygen atoms in total. The first kappa shape index (κ1) is 16.6. The Balaban J connectivity index is 1.79. The maximum atomic E-state index is 11.7. The summed E-state index contributed by atoms with van der Waals surface area (Å²) in [4.78, 5) is 11.7. The molecule has 0 bridgehead atoms. The Morgan fingerprint density at radius 1 is 1.27 bits per heavy atom. The minimum Gasteiger partial charge on any atom is -0.450 e. The molecular formula is C17H26N2O2Si. The zero-order valence-electron chi connectivity index (χ0n) is 14.0. The van der Waals surface area contributed by atoms with Gasteiger partial charge >= 0.3 is 6.09 Å². The fraction of sp³-hybridized carbons (Fsp3) is 0.471. The quantitative estimate of drug-likeness (QED) is 0.824. The Morgan fingerprint density at radius 3 is 2.73 bits per heavy atom. The summed E-state index contributed by atoms with van der Waals surface area (Å²) >= 11 is 0. The number of nitrogens with one attached hydrogen (secondary N) is 1. The van der Waals surface area contributed by atoms with E-state index in [1.807, 2.05) is 19.2 Å². The lowest BCUT2D eigenvalue weighted by atomic mass is 10.1. The highest BCUT2D eigenvalue weighted by atomic mass is 28.3. The molecule has 0 aliphatic heterocycles. The van der Waals surface area contributed by atoms with Crippen LogP contribution < -0.4 is 5.32 Å². The van der Waals surface area contributed by atoms with Crippen LogP contribution >= 0.6 is 0 Å². The van der Waals surface area contributed by atoms with E-state index < -0.39 is 8.07 Å². The molecule has 1 N–H and O–H groups in total. The van der Waals surface area contributed by atoms with Gasteiger partial charge in [0.05, 0.1) is 6.61 Å². The minimum atomic E-state index is -1.14. The van der Waals surface area contributed by atoms with Crippen molar-refractivity contribution in [3.05, 3.63) is 36.0 Å². The molecular weight excluding hydrogens is 292 g/mol. The number of carbonyl (C=O) groups is 1. The average molecular weight is 318 g/mol. The summed E-state index contributed by atoms with van der Waals surface area (Å²) in [5, 5.41) is 4.09. The topological polar surface area (TPSA) is 43.3 Å². The molecule has 0 spiro atoms. The van der Waals surface area contributed by atoms with Gasteiger partial charge < -0.3 is 14.6 Å². The van der Waals surface area contributed by atoms with Crippen molar-refractivity contribution in [1.82, 2.24) is 9.88 Å². The van der Waals surface area contributed by atoms with E-state index in [4.69, 9.17) is 4.74 Å². The Kier molecular flexibility index (Phi) is 5.29. The van der Waals surface area contributed by atoms with Gasteiger partial charge in [0.25, 0.3) is 0 Å². The summed E-state index contributed by atoms with van der Waals surface area (Å²) in [6.45, 7) is 7.94. The van der Waals surface area contributed by atoms with E-state index in [0.29, 0.717) is 13.2 Å². The summed E-state index contributed by atoms with van der Waals surface area (Å²) in [5.41, 5.74) is 2.47. The number of ether oxygens (including phenoxy) is 1. The molecule has 0 saturated heterocycles. The number of amides is 1. The number of nitrogens with zero attached hydrogens (tertiary/aromatic N) is 1. The van der Waals surface area contributed by atoms with Crippen LogP contribution in [0.5, 0.6) is 0 Å². The number of alkyl carbamates (subject to hydrolysis) is 1. The smallest absolute Gasteiger partial charge is 0.407 e. The molecule has 0 unspecified atom stereocenters. The summed E-state index contributed by atoms with van der Waals surface area (Å²) in [7, 11) is 0.902. The highest BCUT2D eigenvalue weighted by Crippen LogP contribution is 2.20. The first-order valence-electron chi connectivity index (χ1n) is 7.80. The van der Waals surface area contributed by atoms with E-state index in [1.54, 1.807) is 0 Å². The van der Waals surface area contributed by atoms with Crippen LogP contribution in [0, 0.1) is 0 Å². The van der Waals surface area contributed by atoms with E-state index in [2.05, 4.69) is 47.9 Å². The van der Waals surface area contributed by atoms with Gasteiger partial charge in [0.15, 0.2) is 0 Å². The third-order valence-electron chi connectivity index (χ3n) is 3.73. The monoisotopic (exact) mass is 318 g/mol. The molecule has 0 aliphatic carbocycles. The number of para-hydroxylation sites is 1. The van der Waals surface area contributed by atoms with E-state index in [-0.39, 0.29) is 6.09 Å². The number of aryl methyl sites for hydroxylation is 1. The average Bonchev–Trinajstić information content (AvgIpc) is 2.75. The van der Waals surface area contributed by atoms with Crippen molar-refractivity contribution >= 4 is 25.1 Å². The van der Waals surface area contributed by atoms with E-state index in [9.17, 15) is 4.79 Å². The van der Waals surface area contributed by atoms with Gasteiger partial charge in [0.2, 0.25) is 0 Å². The molecule has 1 amide bonds. The Bertz CT molecular complexity index is 644. The molecule has 22 heavy (non-hydrogen) atoms. The molecule has 2 aromatic rings. The maximum absolute atomic E-state index is 11.7. The predicted octanol–water partition coefficient (Wildman–Crippen LogP) is 3.79. The molecule has 0 radical (unpaired) electrons. The van der Waals surface area contributed by atoms with Crippen LogP contribution in [0.4, 0.5) is 4.79 Å². The van der Waals surface area contributed by atoms with Crippen LogP contribution in [-0.4, -0.2) is 31.9 Å². The Morgan fingerprint density at radius 2 is 2.00 bits per heavy atom. The molecule has 120 valence electrons. The molecule has 1 heterocycles. The number of aromatic nitrogens is 1. The van der Waals surface area contributed by atoms with Crippen molar-refractivity contribution in [3.63, 3.8) is 0 Å². The molecule has 0 fully saturated rings. The molecule has 5 heteroatoms. The number of fused-ring (bicyclic) bond motifs is 1. The number of benzene rings is 1. The second kappa shape index (κ2) is 7.00. The van der Waals surface area contributed by atoms with Gasteiger partial charge in [-0.05, 0) is 24.1 Å². The summed E-state index contributed by atoms with van der Waals surface area (Å²) in [6.07, 6.45) is 2.63. The standard InChI is InChI=1S/C17H26N2O2Si/c1-19-13-14(15-7-5-6-8-16(15)19)9-10-18-17(20)21-11-12-22(2,3)4/h5-8,13H,9-12H2,1-4H3,(H,18,20). The Hall–Kier alpha value is -1.75. The summed E-state index contributed by atoms with van der Waals surface area (Å²) in [6, 6.07) is 9.32. The number of hydrogen-bond donors (Lipinski definition) is 1. The molecule has 1 aromatic heterocycles. The molecule has 1 aromatic carbocycles. The minimum absolute atomic E-state index is 0.307. The van der Waals surface area contributed by atoms with Crippen molar-refractivity contribution < 1.29 is 9.53 Å². The van der Waals surface area contributed by atoms with Crippen LogP contribution in [0.15, 0.2) is 30.5 Å². The van der Waals surface area contributed by atoms with Crippen LogP contribution in [0.1, 0.15) is 5.56 Å². The van der Waals surface area contributed by atoms with Crippen LogP contribution in [0.25, 0.3) is 10.9 Å². The molecule has 0 aliphatic rings. The van der Waals surface area contributed by atoms with Gasteiger partial charge in [-0.15, -0.1) is 0 Å². The summed E-state index contributed by atoms with van der Waals surface area (Å²) in [5.74, 6) is 0. The van der Waals surface area contributed by atoms with Crippen LogP contribution in [0.2, 0.25) is 25.7 Å². The van der Waals surface area contributed by atoms with Crippen molar-refractivity contribution in [2.75, 3.05) is 13.2 Å². The third kappa shape index (κ3) is 4.63. The predicted molar refractivity (Wildman–Crippen MR) is 94.1 cm³/mol. The SMILES string of the molecule is Cn1cc(CCNC(=O)OCC[Si](C)(C)C)c2ccccc21. The number of hydrogen-bond acceptors (Lipinski definition) is 2. The van der Waals surface area contributed by atoms with Crippen molar-refractivity contribution in [1.29, 1.82) is 0 Å². The van der Waals surface area contributed by atoms with Gasteiger partial charge in [-0.2, -0.15) is 0 Å². The first-order chi connectivity index (χ1) is 10.4. The van der Waals surface area contributed by atoms with Crippen molar-refractivity contribution in [2.45, 2.75) is 32.1 Å². The first-order valence-corrected chi connectivity index (χ1v) is 11.5. The van der Waals surface area contributed by atoms with Crippen LogP contribution in [-0.2, 0) is 18.2 Å². The number of carbonyl (C=O) groups excluding carboxylic acids is 1. The fourth-order valence-corrected chi connectivity index (χ4v) is 3.14. The molecule has 0 saturated carbocycles. The van der Waals surface area contributed by atoms with Gasteiger partial charge in [0, 0.05) is 38.8 Å². The van der Waals surface area contributed by atoms with Crippen molar-refractivity contribution in [3.8, 4) is 0 Å². The Labute approximate surface area is 133 Å². The number of rotatable bonds is 6. The maximum Gasteiger partial charge on any atom is 0.407 e. The van der Waals surface area contributed by atoms with Gasteiger partial charge in [-0.3, -0.25) is 0 Å². The second-order valence-electron chi connectivity index (χ2n) is 6.91. The lowest BCUT2D eigenvalue weighted by Gasteiger charge is -2.15. The van der Waals surface area contributed by atoms with E-state index >= 15 is 0 Å². The second-order valence-corrected chi connectivity index (χ2v) is 12.5. The van der Waals surface area contributed by atoms with Gasteiger partial charge in [-0.25, -0.2) is 4.79 Å². The molecule has 2 rings (SSSR count). The van der Waals surface area contributed by atoms with Crippen LogP contribution in [0.3, 0.4) is 0 Å². The third-order valence-corrected chi connectivity index (χ3v) is 5.43. The van der Waals surface area contributed by atoms with Gasteiger partial charge in [-0.1, -0.05) is 37.8 Å². The highest BCUT2D eigenvalue weighted by Gasteiger charge is 2.13. The summed E-state index contributed by atoms with van der Waals surface area (Å²) < 4.78 is 7.35. The van der Waals surface area contributed by atoms with E-state index in [0.717, 1.165) is 12.5 Å². The molecule has 0 atom stereocenters. The van der Waals surface area contributed by atoms with Crippen molar-refractivity contribution in [2.24, 2.45) is 7.05 Å². The highest BCUT2D eigenvalue weighted by molar-refractivity contribution is 6.76. The zero-order valence-corrected chi connectivity index (χ0v) is 15.0. The zero-order chi connectivity index (χ0) is 16.2. The van der Waals surface area contributed by atoms with Gasteiger partial charge in [0.1, 0.15) is 0 Å².